The molecule has 1 aromatic rings. The van der Waals surface area contributed by atoms with Gasteiger partial charge in [-0.15, -0.1) is 0 Å². The molecule has 0 heterocycles. The number of amides is 1. The molecule has 0 fully saturated rings. The number of methoxy groups -OCH3 is 1. The van der Waals surface area contributed by atoms with Crippen molar-refractivity contribution in [2.24, 2.45) is 21.7 Å². The second-order valence-electron chi connectivity index (χ2n) is 12.9. The number of phenolic OH excluding ortho intramolecular Hbond substituents is 1. The van der Waals surface area contributed by atoms with Gasteiger partial charge in [-0.1, -0.05) is 74.5 Å². The fraction of sp³-hybridized carbons (Fsp3) is 0.655. The zero-order valence-corrected chi connectivity index (χ0v) is 23.7. The van der Waals surface area contributed by atoms with Crippen LogP contribution in [0.15, 0.2) is 30.4 Å². The molecule has 1 amide bonds. The molecule has 1 rings (SSSR count). The first kappa shape index (κ1) is 30.5. The number of hydrogen-bond acceptors (Lipinski definition) is 5. The van der Waals surface area contributed by atoms with Crippen molar-refractivity contribution in [1.82, 2.24) is 5.32 Å². The lowest BCUT2D eigenvalue weighted by Crippen LogP contribution is -2.39. The van der Waals surface area contributed by atoms with Crippen molar-refractivity contribution in [3.8, 4) is 11.5 Å². The molecule has 1 unspecified atom stereocenters. The molecule has 0 saturated heterocycles. The van der Waals surface area contributed by atoms with Gasteiger partial charge in [-0.3, -0.25) is 9.59 Å². The van der Waals surface area contributed by atoms with Gasteiger partial charge in [0.05, 0.1) is 7.11 Å². The highest BCUT2D eigenvalue weighted by atomic mass is 16.5. The maximum absolute atomic E-state index is 13.1. The van der Waals surface area contributed by atoms with Gasteiger partial charge in [-0.25, -0.2) is 0 Å². The molecule has 6 heteroatoms. The maximum Gasteiger partial charge on any atom is 0.303 e. The van der Waals surface area contributed by atoms with Crippen LogP contribution in [0.25, 0.3) is 0 Å². The van der Waals surface area contributed by atoms with Crippen LogP contribution in [0.1, 0.15) is 87.6 Å². The summed E-state index contributed by atoms with van der Waals surface area (Å²) in [6.07, 6.45) is 5.20. The number of carbonyl (C=O) groups is 2. The minimum absolute atomic E-state index is 0.0596. The summed E-state index contributed by atoms with van der Waals surface area (Å²) in [6, 6.07) is 5.02. The minimum atomic E-state index is -0.632. The van der Waals surface area contributed by atoms with Gasteiger partial charge >= 0.3 is 5.97 Å². The van der Waals surface area contributed by atoms with Gasteiger partial charge in [-0.2, -0.15) is 0 Å². The van der Waals surface area contributed by atoms with E-state index >= 15 is 0 Å². The van der Waals surface area contributed by atoms with Crippen LogP contribution >= 0.6 is 0 Å². The first-order valence-electron chi connectivity index (χ1n) is 12.3. The topological polar surface area (TPSA) is 84.9 Å². The van der Waals surface area contributed by atoms with Crippen molar-refractivity contribution >= 4 is 11.9 Å². The number of carbonyl (C=O) groups excluding carboxylic acids is 2. The third-order valence-corrected chi connectivity index (χ3v) is 5.98. The molecule has 1 aromatic carbocycles. The molecule has 1 atom stereocenters. The van der Waals surface area contributed by atoms with Crippen molar-refractivity contribution in [2.45, 2.75) is 94.7 Å². The van der Waals surface area contributed by atoms with Crippen molar-refractivity contribution in [3.63, 3.8) is 0 Å². The molecule has 0 aliphatic rings. The second-order valence-corrected chi connectivity index (χ2v) is 12.9. The predicted octanol–water partition coefficient (Wildman–Crippen LogP) is 6.41. The van der Waals surface area contributed by atoms with Crippen molar-refractivity contribution in [1.29, 1.82) is 0 Å². The lowest BCUT2D eigenvalue weighted by Gasteiger charge is -2.38. The summed E-state index contributed by atoms with van der Waals surface area (Å²) in [5, 5.41) is 12.8. The molecule has 0 bridgehead atoms. The SMILES string of the molecule is COc1cc(CNC(=O)C(C)(C)CC(C)(C)/C=C\C(OC(C)=O)C(C)(C)CC(C)(C)C)ccc1O. The Kier molecular flexibility index (Phi) is 10.0. The van der Waals surface area contributed by atoms with Crippen LogP contribution < -0.4 is 10.1 Å². The summed E-state index contributed by atoms with van der Waals surface area (Å²) in [5.74, 6) is 0.0776. The zero-order valence-electron chi connectivity index (χ0n) is 23.7. The van der Waals surface area contributed by atoms with E-state index in [1.165, 1.54) is 14.0 Å². The number of phenols is 1. The Balaban J connectivity index is 2.94. The second kappa shape index (κ2) is 11.5. The largest absolute Gasteiger partial charge is 0.504 e. The van der Waals surface area contributed by atoms with Crippen molar-refractivity contribution in [2.75, 3.05) is 7.11 Å². The van der Waals surface area contributed by atoms with Gasteiger partial charge in [0.15, 0.2) is 11.5 Å². The van der Waals surface area contributed by atoms with Gasteiger partial charge in [0, 0.05) is 24.3 Å². The van der Waals surface area contributed by atoms with E-state index in [-0.39, 0.29) is 40.0 Å². The summed E-state index contributed by atoms with van der Waals surface area (Å²) in [4.78, 5) is 24.9. The van der Waals surface area contributed by atoms with E-state index in [0.29, 0.717) is 18.7 Å². The van der Waals surface area contributed by atoms with E-state index in [2.05, 4.69) is 59.9 Å². The van der Waals surface area contributed by atoms with Crippen molar-refractivity contribution in [3.05, 3.63) is 35.9 Å². The number of ether oxygens (including phenoxy) is 2. The predicted molar refractivity (Wildman–Crippen MR) is 141 cm³/mol. The molecule has 0 saturated carbocycles. The molecule has 0 aliphatic carbocycles. The average Bonchev–Trinajstić information content (AvgIpc) is 2.67. The van der Waals surface area contributed by atoms with Gasteiger partial charge in [-0.05, 0) is 47.4 Å². The van der Waals surface area contributed by atoms with Gasteiger partial charge in [0.2, 0.25) is 5.91 Å². The first-order valence-corrected chi connectivity index (χ1v) is 12.3. The quantitative estimate of drug-likeness (QED) is 0.277. The Morgan fingerprint density at radius 3 is 2.14 bits per heavy atom. The Morgan fingerprint density at radius 1 is 1.03 bits per heavy atom. The number of benzene rings is 1. The highest BCUT2D eigenvalue weighted by Crippen LogP contribution is 2.40. The van der Waals surface area contributed by atoms with Crippen LogP contribution in [-0.2, 0) is 20.9 Å². The van der Waals surface area contributed by atoms with Crippen molar-refractivity contribution < 1.29 is 24.2 Å². The van der Waals surface area contributed by atoms with Crippen LogP contribution in [-0.4, -0.2) is 30.2 Å². The van der Waals surface area contributed by atoms with E-state index in [1.807, 2.05) is 19.9 Å². The fourth-order valence-corrected chi connectivity index (χ4v) is 4.99. The molecular formula is C29H47NO5. The molecule has 198 valence electrons. The molecule has 6 nitrogen and oxygen atoms in total. The molecule has 0 aliphatic heterocycles. The van der Waals surface area contributed by atoms with Crippen LogP contribution in [0.4, 0.5) is 0 Å². The first-order chi connectivity index (χ1) is 15.8. The molecule has 35 heavy (non-hydrogen) atoms. The van der Waals surface area contributed by atoms with E-state index in [4.69, 9.17) is 9.47 Å². The van der Waals surface area contributed by atoms with E-state index in [1.54, 1.807) is 18.2 Å². The summed E-state index contributed by atoms with van der Waals surface area (Å²) < 4.78 is 10.9. The monoisotopic (exact) mass is 489 g/mol. The number of esters is 1. The van der Waals surface area contributed by atoms with Crippen LogP contribution in [0.5, 0.6) is 11.5 Å². The third-order valence-electron chi connectivity index (χ3n) is 5.98. The minimum Gasteiger partial charge on any atom is -0.504 e. The Hall–Kier alpha value is -2.50. The molecule has 2 N–H and O–H groups in total. The van der Waals surface area contributed by atoms with E-state index in [0.717, 1.165) is 12.0 Å². The normalized spacial score (nSPS) is 14.0. The average molecular weight is 490 g/mol. The van der Waals surface area contributed by atoms with Crippen LogP contribution in [0.3, 0.4) is 0 Å². The highest BCUT2D eigenvalue weighted by Gasteiger charge is 2.36. The lowest BCUT2D eigenvalue weighted by atomic mass is 9.71. The number of nitrogens with one attached hydrogen (secondary N) is 1. The summed E-state index contributed by atoms with van der Waals surface area (Å²) >= 11 is 0. The number of rotatable bonds is 11. The Bertz CT molecular complexity index is 906. The van der Waals surface area contributed by atoms with E-state index < -0.39 is 5.41 Å². The zero-order chi connectivity index (χ0) is 27.2. The molecule has 0 spiro atoms. The highest BCUT2D eigenvalue weighted by molar-refractivity contribution is 5.81. The lowest BCUT2D eigenvalue weighted by molar-refractivity contribution is -0.150. The Morgan fingerprint density at radius 2 is 1.63 bits per heavy atom. The third kappa shape index (κ3) is 10.3. The smallest absolute Gasteiger partial charge is 0.303 e. The fourth-order valence-electron chi connectivity index (χ4n) is 4.99. The standard InChI is InChI=1S/C29H47NO5/c1-20(31)35-24(28(7,8)18-26(2,3)4)14-15-27(5,6)19-29(9,10)25(33)30-17-21-12-13-22(32)23(16-21)34-11/h12-16,24,32H,17-19H2,1-11H3,(H,30,33)/b15-14-. The summed E-state index contributed by atoms with van der Waals surface area (Å²) in [7, 11) is 1.49. The Labute approximate surface area is 212 Å². The number of hydrogen-bond donors (Lipinski definition) is 2. The van der Waals surface area contributed by atoms with Gasteiger partial charge in [0.1, 0.15) is 6.10 Å². The summed E-state index contributed by atoms with van der Waals surface area (Å²) in [5.41, 5.74) is -0.249. The van der Waals surface area contributed by atoms with E-state index in [9.17, 15) is 14.7 Å². The maximum atomic E-state index is 13.1. The summed E-state index contributed by atoms with van der Waals surface area (Å²) in [6.45, 7) is 20.6. The number of aromatic hydroxyl groups is 1. The van der Waals surface area contributed by atoms with Crippen LogP contribution in [0, 0.1) is 21.7 Å². The van der Waals surface area contributed by atoms with Gasteiger partial charge < -0.3 is 19.9 Å². The molecule has 0 aromatic heterocycles. The number of allylic oxidation sites excluding steroid dienone is 1. The molecule has 0 radical (unpaired) electrons. The molecular weight excluding hydrogens is 442 g/mol. The van der Waals surface area contributed by atoms with Gasteiger partial charge in [0.25, 0.3) is 0 Å². The van der Waals surface area contributed by atoms with Crippen LogP contribution in [0.2, 0.25) is 0 Å².